The van der Waals surface area contributed by atoms with E-state index in [0.29, 0.717) is 49.1 Å². The maximum atomic E-state index is 13.0. The summed E-state index contributed by atoms with van der Waals surface area (Å²) in [6.45, 7) is 1.77. The van der Waals surface area contributed by atoms with E-state index in [2.05, 4.69) is 15.0 Å². The van der Waals surface area contributed by atoms with Gasteiger partial charge in [0.05, 0.1) is 16.7 Å². The molecule has 2 aliphatic rings. The fourth-order valence-corrected chi connectivity index (χ4v) is 5.04. The Morgan fingerprint density at radius 3 is 2.68 bits per heavy atom. The van der Waals surface area contributed by atoms with Gasteiger partial charge >= 0.3 is 0 Å². The molecule has 1 atom stereocenters. The molecule has 2 aromatic carbocycles. The van der Waals surface area contributed by atoms with Gasteiger partial charge in [0.25, 0.3) is 15.9 Å². The lowest BCUT2D eigenvalue weighted by Crippen LogP contribution is -2.34. The zero-order valence-electron chi connectivity index (χ0n) is 18.1. The summed E-state index contributed by atoms with van der Waals surface area (Å²) in [7, 11) is -4.02. The molecule has 1 amide bonds. The van der Waals surface area contributed by atoms with E-state index in [0.717, 1.165) is 12.8 Å². The molecule has 3 heterocycles. The van der Waals surface area contributed by atoms with E-state index in [1.165, 1.54) is 30.5 Å². The minimum Gasteiger partial charge on any atom is -0.486 e. The number of nitrogens with one attached hydrogen (secondary N) is 3. The number of carbonyl (C=O) groups excluding carboxylic acids is 1. The Bertz CT molecular complexity index is 1410. The Kier molecular flexibility index (Phi) is 5.88. The van der Waals surface area contributed by atoms with E-state index in [9.17, 15) is 18.0 Å². The fourth-order valence-electron chi connectivity index (χ4n) is 3.96. The number of ether oxygens (including phenoxy) is 3. The largest absolute Gasteiger partial charge is 0.486 e. The summed E-state index contributed by atoms with van der Waals surface area (Å²) < 4.78 is 44.9. The molecule has 0 aliphatic carbocycles. The van der Waals surface area contributed by atoms with Gasteiger partial charge in [0.15, 0.2) is 11.5 Å². The van der Waals surface area contributed by atoms with Gasteiger partial charge in [0.1, 0.15) is 18.8 Å². The lowest BCUT2D eigenvalue weighted by Gasteiger charge is -2.19. The van der Waals surface area contributed by atoms with E-state index in [-0.39, 0.29) is 21.9 Å². The smallest absolute Gasteiger partial charge is 0.261 e. The maximum Gasteiger partial charge on any atom is 0.261 e. The first-order valence-electron chi connectivity index (χ1n) is 10.9. The molecule has 0 saturated carbocycles. The van der Waals surface area contributed by atoms with Crippen molar-refractivity contribution in [2.75, 3.05) is 31.1 Å². The van der Waals surface area contributed by atoms with Crippen molar-refractivity contribution in [3.05, 3.63) is 58.4 Å². The number of fused-ring (bicyclic) bond motifs is 2. The van der Waals surface area contributed by atoms with Crippen molar-refractivity contribution < 1.29 is 27.4 Å². The second-order valence-corrected chi connectivity index (χ2v) is 9.73. The molecule has 10 nitrogen and oxygen atoms in total. The van der Waals surface area contributed by atoms with E-state index < -0.39 is 21.4 Å². The van der Waals surface area contributed by atoms with E-state index >= 15 is 0 Å². The molecule has 2 aliphatic heterocycles. The highest BCUT2D eigenvalue weighted by molar-refractivity contribution is 7.92. The second-order valence-electron chi connectivity index (χ2n) is 8.05. The van der Waals surface area contributed by atoms with Crippen LogP contribution >= 0.6 is 0 Å². The van der Waals surface area contributed by atoms with Gasteiger partial charge in [-0.25, -0.2) is 8.42 Å². The first kappa shape index (κ1) is 22.2. The van der Waals surface area contributed by atoms with Gasteiger partial charge in [-0.15, -0.1) is 0 Å². The number of carbonyl (C=O) groups is 1. The third kappa shape index (κ3) is 4.44. The summed E-state index contributed by atoms with van der Waals surface area (Å²) in [6, 6.07) is 8.86. The van der Waals surface area contributed by atoms with Crippen LogP contribution in [0.25, 0.3) is 10.9 Å². The molecule has 5 rings (SSSR count). The summed E-state index contributed by atoms with van der Waals surface area (Å²) >= 11 is 0. The highest BCUT2D eigenvalue weighted by Crippen LogP contribution is 2.33. The number of aromatic amines is 1. The third-order valence-electron chi connectivity index (χ3n) is 5.72. The van der Waals surface area contributed by atoms with E-state index in [4.69, 9.17) is 14.2 Å². The van der Waals surface area contributed by atoms with E-state index in [1.807, 2.05) is 0 Å². The zero-order valence-corrected chi connectivity index (χ0v) is 18.9. The Morgan fingerprint density at radius 2 is 1.88 bits per heavy atom. The minimum absolute atomic E-state index is 0.0631. The molecule has 34 heavy (non-hydrogen) atoms. The van der Waals surface area contributed by atoms with Crippen LogP contribution in [0.4, 0.5) is 5.69 Å². The van der Waals surface area contributed by atoms with Crippen molar-refractivity contribution >= 4 is 32.5 Å². The molecule has 1 fully saturated rings. The summed E-state index contributed by atoms with van der Waals surface area (Å²) in [6.07, 6.45) is 3.06. The van der Waals surface area contributed by atoms with Gasteiger partial charge in [-0.1, -0.05) is 0 Å². The zero-order chi connectivity index (χ0) is 23.7. The minimum atomic E-state index is -4.02. The molecule has 0 spiro atoms. The van der Waals surface area contributed by atoms with Gasteiger partial charge in [-0.3, -0.25) is 14.3 Å². The van der Waals surface area contributed by atoms with Gasteiger partial charge < -0.3 is 24.5 Å². The highest BCUT2D eigenvalue weighted by atomic mass is 32.2. The molecule has 11 heteroatoms. The Morgan fingerprint density at radius 1 is 1.06 bits per heavy atom. The van der Waals surface area contributed by atoms with Crippen LogP contribution in [0.15, 0.2) is 52.3 Å². The standard InChI is InChI=1S/C23H23N3O7S/c27-22-17-11-16(34(29,30)26-14-3-6-20-21(10-14)33-9-8-32-20)4-5-19(17)24-13-18(22)23(28)25-12-15-2-1-7-31-15/h3-6,10-11,13,15,26H,1-2,7-9,12H2,(H,24,27)(H,25,28). The van der Waals surface area contributed by atoms with Crippen molar-refractivity contribution in [3.8, 4) is 11.5 Å². The summed E-state index contributed by atoms with van der Waals surface area (Å²) in [5.41, 5.74) is 0.0503. The second kappa shape index (κ2) is 8.99. The Balaban J connectivity index is 1.40. The Labute approximate surface area is 195 Å². The molecular weight excluding hydrogens is 462 g/mol. The summed E-state index contributed by atoms with van der Waals surface area (Å²) in [5, 5.41) is 2.80. The molecule has 0 bridgehead atoms. The number of pyridine rings is 1. The topological polar surface area (TPSA) is 136 Å². The first-order chi connectivity index (χ1) is 16.4. The van der Waals surface area contributed by atoms with Crippen LogP contribution in [0, 0.1) is 0 Å². The monoisotopic (exact) mass is 485 g/mol. The van der Waals surface area contributed by atoms with Crippen LogP contribution < -0.4 is 24.9 Å². The number of hydrogen-bond donors (Lipinski definition) is 3. The summed E-state index contributed by atoms with van der Waals surface area (Å²) in [4.78, 5) is 28.4. The van der Waals surface area contributed by atoms with Crippen molar-refractivity contribution in [2.24, 2.45) is 0 Å². The number of rotatable bonds is 6. The van der Waals surface area contributed by atoms with Crippen LogP contribution in [-0.4, -0.2) is 51.8 Å². The number of hydrogen-bond acceptors (Lipinski definition) is 7. The SMILES string of the molecule is O=C(NCC1CCCO1)c1c[nH]c2ccc(S(=O)(=O)Nc3ccc4c(c3)OCCO4)cc2c1=O. The van der Waals surface area contributed by atoms with Crippen LogP contribution in [0.3, 0.4) is 0 Å². The molecule has 178 valence electrons. The number of anilines is 1. The number of H-pyrrole nitrogens is 1. The molecular formula is C23H23N3O7S. The van der Waals surface area contributed by atoms with Crippen molar-refractivity contribution in [3.63, 3.8) is 0 Å². The normalized spacial score (nSPS) is 17.5. The van der Waals surface area contributed by atoms with Crippen LogP contribution in [-0.2, 0) is 14.8 Å². The van der Waals surface area contributed by atoms with Crippen LogP contribution in [0.1, 0.15) is 23.2 Å². The number of amides is 1. The van der Waals surface area contributed by atoms with Crippen LogP contribution in [0.2, 0.25) is 0 Å². The average molecular weight is 486 g/mol. The first-order valence-corrected chi connectivity index (χ1v) is 12.4. The summed E-state index contributed by atoms with van der Waals surface area (Å²) in [5.74, 6) is 0.443. The lowest BCUT2D eigenvalue weighted by molar-refractivity contribution is 0.0857. The number of sulfonamides is 1. The molecule has 0 radical (unpaired) electrons. The van der Waals surface area contributed by atoms with Gasteiger partial charge in [-0.2, -0.15) is 0 Å². The van der Waals surface area contributed by atoms with E-state index in [1.54, 1.807) is 12.1 Å². The fraction of sp³-hybridized carbons (Fsp3) is 0.304. The van der Waals surface area contributed by atoms with Crippen LogP contribution in [0.5, 0.6) is 11.5 Å². The third-order valence-corrected chi connectivity index (χ3v) is 7.09. The molecule has 3 aromatic rings. The lowest BCUT2D eigenvalue weighted by atomic mass is 10.1. The molecule has 1 saturated heterocycles. The quantitative estimate of drug-likeness (QED) is 0.486. The highest BCUT2D eigenvalue weighted by Gasteiger charge is 2.21. The van der Waals surface area contributed by atoms with Gasteiger partial charge in [-0.05, 0) is 43.2 Å². The predicted octanol–water partition coefficient (Wildman–Crippen LogP) is 2.01. The molecule has 1 aromatic heterocycles. The van der Waals surface area contributed by atoms with Crippen molar-refractivity contribution in [1.29, 1.82) is 0 Å². The van der Waals surface area contributed by atoms with Crippen molar-refractivity contribution in [2.45, 2.75) is 23.8 Å². The Hall–Kier alpha value is -3.57. The predicted molar refractivity (Wildman–Crippen MR) is 124 cm³/mol. The van der Waals surface area contributed by atoms with Gasteiger partial charge in [0, 0.05) is 36.3 Å². The molecule has 3 N–H and O–H groups in total. The number of benzene rings is 2. The van der Waals surface area contributed by atoms with Gasteiger partial charge in [0.2, 0.25) is 5.43 Å². The average Bonchev–Trinajstić information content (AvgIpc) is 3.36. The maximum absolute atomic E-state index is 13.0. The molecule has 1 unspecified atom stereocenters. The number of aromatic nitrogens is 1. The van der Waals surface area contributed by atoms with Crippen molar-refractivity contribution in [1.82, 2.24) is 10.3 Å².